The monoisotopic (exact) mass is 291 g/mol. The highest BCUT2D eigenvalue weighted by molar-refractivity contribution is 7.71. The summed E-state index contributed by atoms with van der Waals surface area (Å²) in [5.41, 5.74) is 6.20. The zero-order valence-corrected chi connectivity index (χ0v) is 11.9. The van der Waals surface area contributed by atoms with Crippen LogP contribution in [0.4, 0.5) is 0 Å². The van der Waals surface area contributed by atoms with Gasteiger partial charge in [-0.1, -0.05) is 6.07 Å². The number of rotatable bonds is 3. The topological polar surface area (TPSA) is 68.6 Å². The Labute approximate surface area is 121 Å². The van der Waals surface area contributed by atoms with Crippen LogP contribution in [0.5, 0.6) is 0 Å². The molecule has 0 aliphatic carbocycles. The van der Waals surface area contributed by atoms with E-state index in [0.717, 1.165) is 31.6 Å². The molecule has 0 radical (unpaired) electrons. The fourth-order valence-corrected chi connectivity index (χ4v) is 2.86. The van der Waals surface area contributed by atoms with E-state index in [1.165, 1.54) is 0 Å². The van der Waals surface area contributed by atoms with E-state index in [9.17, 15) is 4.79 Å². The van der Waals surface area contributed by atoms with Crippen molar-refractivity contribution in [1.29, 1.82) is 0 Å². The summed E-state index contributed by atoms with van der Waals surface area (Å²) in [7, 11) is 0. The normalized spacial score (nSPS) is 17.6. The van der Waals surface area contributed by atoms with Crippen LogP contribution < -0.4 is 5.73 Å². The number of carbonyl (C=O) groups is 1. The maximum absolute atomic E-state index is 11.2. The molecule has 1 fully saturated rings. The molecule has 2 aromatic rings. The summed E-state index contributed by atoms with van der Waals surface area (Å²) in [6, 6.07) is 5.82. The van der Waals surface area contributed by atoms with Crippen LogP contribution in [0.3, 0.4) is 0 Å². The van der Waals surface area contributed by atoms with Gasteiger partial charge in [0.2, 0.25) is 10.7 Å². The van der Waals surface area contributed by atoms with E-state index < -0.39 is 0 Å². The molecule has 0 unspecified atom stereocenters. The molecule has 0 aromatic carbocycles. The molecule has 0 bridgehead atoms. The Balaban J connectivity index is 1.73. The molecule has 3 heterocycles. The molecule has 106 valence electrons. The van der Waals surface area contributed by atoms with Crippen molar-refractivity contribution in [1.82, 2.24) is 19.1 Å². The average Bonchev–Trinajstić information content (AvgIpc) is 2.77. The minimum Gasteiger partial charge on any atom is -0.369 e. The van der Waals surface area contributed by atoms with Gasteiger partial charge < -0.3 is 5.73 Å². The Kier molecular flexibility index (Phi) is 3.54. The summed E-state index contributed by atoms with van der Waals surface area (Å²) < 4.78 is 4.42. The van der Waals surface area contributed by atoms with Gasteiger partial charge in [0.25, 0.3) is 0 Å². The third kappa shape index (κ3) is 2.46. The first-order chi connectivity index (χ1) is 9.65. The quantitative estimate of drug-likeness (QED) is 0.857. The first-order valence-electron chi connectivity index (χ1n) is 6.71. The number of nitrogens with zero attached hydrogens (tertiary/aromatic N) is 4. The molecule has 1 saturated heterocycles. The second-order valence-electron chi connectivity index (χ2n) is 5.15. The number of fused-ring (bicyclic) bond motifs is 1. The van der Waals surface area contributed by atoms with Crippen molar-refractivity contribution in [3.8, 4) is 0 Å². The smallest absolute Gasteiger partial charge is 0.220 e. The van der Waals surface area contributed by atoms with Gasteiger partial charge in [-0.15, -0.1) is 0 Å². The van der Waals surface area contributed by atoms with Crippen LogP contribution in [0, 0.1) is 10.7 Å². The Bertz CT molecular complexity index is 683. The van der Waals surface area contributed by atoms with Crippen molar-refractivity contribution in [3.63, 3.8) is 0 Å². The maximum atomic E-state index is 11.2. The van der Waals surface area contributed by atoms with Gasteiger partial charge in [0, 0.05) is 25.2 Å². The Morgan fingerprint density at radius 1 is 1.40 bits per heavy atom. The largest absolute Gasteiger partial charge is 0.369 e. The summed E-state index contributed by atoms with van der Waals surface area (Å²) in [6.07, 6.45) is 3.55. The lowest BCUT2D eigenvalue weighted by molar-refractivity contribution is -0.123. The van der Waals surface area contributed by atoms with Gasteiger partial charge in [0.15, 0.2) is 5.65 Å². The number of likely N-dealkylation sites (tertiary alicyclic amines) is 1. The van der Waals surface area contributed by atoms with Crippen LogP contribution in [-0.4, -0.2) is 38.1 Å². The van der Waals surface area contributed by atoms with E-state index in [1.807, 2.05) is 33.5 Å². The molecule has 1 aliphatic heterocycles. The van der Waals surface area contributed by atoms with Crippen LogP contribution in [0.15, 0.2) is 24.4 Å². The number of nitrogens with two attached hydrogens (primary N) is 1. The number of amides is 1. The summed E-state index contributed by atoms with van der Waals surface area (Å²) in [5.74, 6) is -0.172. The Hall–Kier alpha value is -1.73. The van der Waals surface area contributed by atoms with Gasteiger partial charge in [-0.25, -0.2) is 4.68 Å². The third-order valence-corrected chi connectivity index (χ3v) is 4.22. The summed E-state index contributed by atoms with van der Waals surface area (Å²) in [4.78, 5) is 13.4. The summed E-state index contributed by atoms with van der Waals surface area (Å²) >= 11 is 5.42. The molecular formula is C13H17N5OS. The molecule has 0 saturated carbocycles. The second kappa shape index (κ2) is 5.34. The predicted molar refractivity (Wildman–Crippen MR) is 77.5 cm³/mol. The van der Waals surface area contributed by atoms with Crippen molar-refractivity contribution in [2.45, 2.75) is 19.5 Å². The van der Waals surface area contributed by atoms with Gasteiger partial charge in [-0.05, 0) is 37.2 Å². The molecule has 1 amide bonds. The number of piperidine rings is 1. The molecule has 3 rings (SSSR count). The number of hydrogen-bond donors (Lipinski definition) is 1. The molecule has 0 atom stereocenters. The van der Waals surface area contributed by atoms with Crippen LogP contribution in [0.25, 0.3) is 5.65 Å². The fraction of sp³-hybridized carbons (Fsp3) is 0.462. The van der Waals surface area contributed by atoms with Gasteiger partial charge >= 0.3 is 0 Å². The highest BCUT2D eigenvalue weighted by Crippen LogP contribution is 2.17. The molecule has 2 N–H and O–H groups in total. The number of aromatic nitrogens is 3. The molecule has 1 aliphatic rings. The highest BCUT2D eigenvalue weighted by atomic mass is 32.1. The van der Waals surface area contributed by atoms with E-state index in [4.69, 9.17) is 18.0 Å². The van der Waals surface area contributed by atoms with Gasteiger partial charge in [-0.2, -0.15) is 5.10 Å². The van der Waals surface area contributed by atoms with Crippen molar-refractivity contribution < 1.29 is 4.79 Å². The van der Waals surface area contributed by atoms with Crippen LogP contribution in [0.1, 0.15) is 12.8 Å². The molecule has 0 spiro atoms. The van der Waals surface area contributed by atoms with E-state index >= 15 is 0 Å². The van der Waals surface area contributed by atoms with E-state index in [2.05, 4.69) is 10.00 Å². The van der Waals surface area contributed by atoms with E-state index in [1.54, 1.807) is 0 Å². The zero-order chi connectivity index (χ0) is 14.1. The van der Waals surface area contributed by atoms with Crippen LogP contribution >= 0.6 is 12.2 Å². The minimum atomic E-state index is -0.186. The predicted octanol–water partition coefficient (Wildman–Crippen LogP) is 1.02. The Morgan fingerprint density at radius 3 is 2.80 bits per heavy atom. The van der Waals surface area contributed by atoms with Gasteiger partial charge in [-0.3, -0.25) is 14.1 Å². The van der Waals surface area contributed by atoms with Crippen molar-refractivity contribution >= 4 is 23.8 Å². The number of primary amides is 1. The standard InChI is InChI=1S/C13H17N5OS/c14-12(19)10-4-7-16(8-5-10)9-18-13(20)17-6-2-1-3-11(17)15-18/h1-3,6,10H,4-5,7-9H2,(H2,14,19). The maximum Gasteiger partial charge on any atom is 0.220 e. The molecule has 2 aromatic heterocycles. The minimum absolute atomic E-state index is 0.0142. The van der Waals surface area contributed by atoms with Crippen molar-refractivity contribution in [2.75, 3.05) is 13.1 Å². The Morgan fingerprint density at radius 2 is 2.15 bits per heavy atom. The highest BCUT2D eigenvalue weighted by Gasteiger charge is 2.23. The van der Waals surface area contributed by atoms with E-state index in [0.29, 0.717) is 11.4 Å². The average molecular weight is 291 g/mol. The summed E-state index contributed by atoms with van der Waals surface area (Å²) in [5, 5.41) is 4.50. The first kappa shape index (κ1) is 13.3. The van der Waals surface area contributed by atoms with Crippen LogP contribution in [-0.2, 0) is 11.5 Å². The van der Waals surface area contributed by atoms with Crippen LogP contribution in [0.2, 0.25) is 0 Å². The zero-order valence-electron chi connectivity index (χ0n) is 11.1. The SMILES string of the molecule is NC(=O)C1CCN(Cn2nc3ccccn3c2=S)CC1. The lowest BCUT2D eigenvalue weighted by atomic mass is 9.97. The molecule has 7 heteroatoms. The van der Waals surface area contributed by atoms with Crippen molar-refractivity contribution in [2.24, 2.45) is 11.7 Å². The lowest BCUT2D eigenvalue weighted by Gasteiger charge is -2.29. The number of pyridine rings is 1. The van der Waals surface area contributed by atoms with Gasteiger partial charge in [0.1, 0.15) is 0 Å². The van der Waals surface area contributed by atoms with E-state index in [-0.39, 0.29) is 11.8 Å². The lowest BCUT2D eigenvalue weighted by Crippen LogP contribution is -2.39. The number of carbonyl (C=O) groups excluding carboxylic acids is 1. The third-order valence-electron chi connectivity index (χ3n) is 3.81. The fourth-order valence-electron chi connectivity index (χ4n) is 2.61. The first-order valence-corrected chi connectivity index (χ1v) is 7.12. The molecule has 6 nitrogen and oxygen atoms in total. The van der Waals surface area contributed by atoms with Gasteiger partial charge in [0.05, 0.1) is 6.67 Å². The second-order valence-corrected chi connectivity index (χ2v) is 5.51. The number of hydrogen-bond acceptors (Lipinski definition) is 4. The summed E-state index contributed by atoms with van der Waals surface area (Å²) in [6.45, 7) is 2.36. The molecular weight excluding hydrogens is 274 g/mol. The molecule has 20 heavy (non-hydrogen) atoms. The van der Waals surface area contributed by atoms with Crippen molar-refractivity contribution in [3.05, 3.63) is 29.2 Å².